The van der Waals surface area contributed by atoms with E-state index in [4.69, 9.17) is 5.73 Å². The van der Waals surface area contributed by atoms with Crippen LogP contribution < -0.4 is 5.73 Å². The van der Waals surface area contributed by atoms with Gasteiger partial charge >= 0.3 is 0 Å². The highest BCUT2D eigenvalue weighted by molar-refractivity contribution is 7.16. The van der Waals surface area contributed by atoms with E-state index in [0.29, 0.717) is 5.92 Å². The molecule has 0 spiro atoms. The molecule has 90 valence electrons. The molecule has 3 nitrogen and oxygen atoms in total. The van der Waals surface area contributed by atoms with Gasteiger partial charge in [0.25, 0.3) is 0 Å². The van der Waals surface area contributed by atoms with E-state index in [-0.39, 0.29) is 6.04 Å². The van der Waals surface area contributed by atoms with E-state index in [1.165, 1.54) is 17.7 Å². The van der Waals surface area contributed by atoms with E-state index in [2.05, 4.69) is 15.3 Å². The Morgan fingerprint density at radius 3 is 2.71 bits per heavy atom. The van der Waals surface area contributed by atoms with Gasteiger partial charge in [0, 0.05) is 5.38 Å². The summed E-state index contributed by atoms with van der Waals surface area (Å²) in [5, 5.41) is 4.28. The first-order valence-corrected chi connectivity index (χ1v) is 7.50. The maximum atomic E-state index is 6.17. The van der Waals surface area contributed by atoms with Crippen molar-refractivity contribution in [2.75, 3.05) is 0 Å². The molecule has 1 aliphatic carbocycles. The highest BCUT2D eigenvalue weighted by atomic mass is 32.1. The Morgan fingerprint density at radius 1 is 1.35 bits per heavy atom. The van der Waals surface area contributed by atoms with E-state index >= 15 is 0 Å². The average molecular weight is 265 g/mol. The van der Waals surface area contributed by atoms with E-state index in [1.807, 2.05) is 13.8 Å². The highest BCUT2D eigenvalue weighted by Crippen LogP contribution is 2.41. The van der Waals surface area contributed by atoms with Crippen LogP contribution in [-0.2, 0) is 0 Å². The van der Waals surface area contributed by atoms with E-state index in [1.54, 1.807) is 22.7 Å². The van der Waals surface area contributed by atoms with E-state index in [0.717, 1.165) is 21.4 Å². The summed E-state index contributed by atoms with van der Waals surface area (Å²) in [6, 6.07) is 0.142. The first kappa shape index (κ1) is 11.3. The Morgan fingerprint density at radius 2 is 2.12 bits per heavy atom. The molecule has 0 aromatic carbocycles. The van der Waals surface area contributed by atoms with Crippen LogP contribution in [-0.4, -0.2) is 9.97 Å². The lowest BCUT2D eigenvalue weighted by Gasteiger charge is -2.04. The summed E-state index contributed by atoms with van der Waals surface area (Å²) in [5.41, 5.74) is 8.29. The van der Waals surface area contributed by atoms with Gasteiger partial charge in [-0.15, -0.1) is 22.7 Å². The van der Waals surface area contributed by atoms with Crippen LogP contribution >= 0.6 is 22.7 Å². The minimum atomic E-state index is 0.142. The Hall–Kier alpha value is -0.780. The predicted octanol–water partition coefficient (Wildman–Crippen LogP) is 3.29. The molecule has 2 heterocycles. The Bertz CT molecular complexity index is 540. The van der Waals surface area contributed by atoms with Crippen molar-refractivity contribution in [3.8, 4) is 10.6 Å². The topological polar surface area (TPSA) is 51.8 Å². The van der Waals surface area contributed by atoms with Crippen molar-refractivity contribution in [2.24, 2.45) is 11.7 Å². The normalized spacial score (nSPS) is 17.4. The largest absolute Gasteiger partial charge is 0.322 e. The number of hydrogen-bond acceptors (Lipinski definition) is 5. The molecule has 1 saturated carbocycles. The third kappa shape index (κ3) is 2.14. The van der Waals surface area contributed by atoms with Crippen LogP contribution in [0.25, 0.3) is 10.6 Å². The quantitative estimate of drug-likeness (QED) is 0.926. The maximum absolute atomic E-state index is 6.17. The molecule has 1 unspecified atom stereocenters. The van der Waals surface area contributed by atoms with Crippen LogP contribution in [0.4, 0.5) is 0 Å². The zero-order valence-electron chi connectivity index (χ0n) is 9.93. The Balaban J connectivity index is 1.91. The van der Waals surface area contributed by atoms with Crippen molar-refractivity contribution in [1.29, 1.82) is 0 Å². The molecule has 17 heavy (non-hydrogen) atoms. The van der Waals surface area contributed by atoms with Crippen LogP contribution in [0.15, 0.2) is 5.38 Å². The van der Waals surface area contributed by atoms with Crippen molar-refractivity contribution in [1.82, 2.24) is 9.97 Å². The summed E-state index contributed by atoms with van der Waals surface area (Å²) in [6.45, 7) is 4.07. The number of rotatable bonds is 3. The van der Waals surface area contributed by atoms with Gasteiger partial charge in [-0.1, -0.05) is 0 Å². The minimum absolute atomic E-state index is 0.142. The van der Waals surface area contributed by atoms with Crippen molar-refractivity contribution < 1.29 is 0 Å². The lowest BCUT2D eigenvalue weighted by Crippen LogP contribution is -2.11. The average Bonchev–Trinajstić information content (AvgIpc) is 2.93. The Kier molecular flexibility index (Phi) is 2.77. The number of hydrogen-bond donors (Lipinski definition) is 1. The van der Waals surface area contributed by atoms with Gasteiger partial charge in [0.2, 0.25) is 0 Å². The minimum Gasteiger partial charge on any atom is -0.322 e. The van der Waals surface area contributed by atoms with Gasteiger partial charge < -0.3 is 5.73 Å². The van der Waals surface area contributed by atoms with Crippen LogP contribution in [0.5, 0.6) is 0 Å². The molecule has 0 radical (unpaired) electrons. The molecular weight excluding hydrogens is 250 g/mol. The second-order valence-corrected chi connectivity index (χ2v) is 6.67. The SMILES string of the molecule is Cc1nc(C)c(-c2csc(C(N)C3CC3)n2)s1. The van der Waals surface area contributed by atoms with Gasteiger partial charge in [-0.2, -0.15) is 0 Å². The molecule has 2 aromatic rings. The van der Waals surface area contributed by atoms with Gasteiger partial charge in [0.15, 0.2) is 0 Å². The smallest absolute Gasteiger partial charge is 0.110 e. The standard InChI is InChI=1S/C12H15N3S2/c1-6-11(17-7(2)14-6)9-5-16-12(15-9)10(13)8-3-4-8/h5,8,10H,3-4,13H2,1-2H3. The number of aromatic nitrogens is 2. The number of nitrogens with two attached hydrogens (primary N) is 1. The number of aryl methyl sites for hydroxylation is 2. The molecule has 5 heteroatoms. The highest BCUT2D eigenvalue weighted by Gasteiger charge is 2.31. The summed E-state index contributed by atoms with van der Waals surface area (Å²) < 4.78 is 0. The van der Waals surface area contributed by atoms with Crippen LogP contribution in [0.2, 0.25) is 0 Å². The van der Waals surface area contributed by atoms with Gasteiger partial charge in [-0.3, -0.25) is 0 Å². The monoisotopic (exact) mass is 265 g/mol. The van der Waals surface area contributed by atoms with Crippen LogP contribution in [0, 0.1) is 19.8 Å². The molecule has 1 fully saturated rings. The number of nitrogens with zero attached hydrogens (tertiary/aromatic N) is 2. The van der Waals surface area contributed by atoms with Crippen molar-refractivity contribution in [2.45, 2.75) is 32.7 Å². The fourth-order valence-corrected chi connectivity index (χ4v) is 3.83. The van der Waals surface area contributed by atoms with Crippen molar-refractivity contribution >= 4 is 22.7 Å². The molecule has 0 amide bonds. The van der Waals surface area contributed by atoms with Crippen LogP contribution in [0.3, 0.4) is 0 Å². The zero-order chi connectivity index (χ0) is 12.0. The second kappa shape index (κ2) is 4.15. The van der Waals surface area contributed by atoms with Crippen LogP contribution in [0.1, 0.15) is 34.6 Å². The van der Waals surface area contributed by atoms with Gasteiger partial charge in [-0.25, -0.2) is 9.97 Å². The first-order valence-electron chi connectivity index (χ1n) is 5.80. The fraction of sp³-hybridized carbons (Fsp3) is 0.500. The zero-order valence-corrected chi connectivity index (χ0v) is 11.6. The lowest BCUT2D eigenvalue weighted by molar-refractivity contribution is 0.629. The third-order valence-corrected chi connectivity index (χ3v) is 5.11. The van der Waals surface area contributed by atoms with Crippen molar-refractivity contribution in [3.63, 3.8) is 0 Å². The predicted molar refractivity (Wildman–Crippen MR) is 72.3 cm³/mol. The van der Waals surface area contributed by atoms with Gasteiger partial charge in [0.05, 0.1) is 27.3 Å². The molecule has 2 aromatic heterocycles. The van der Waals surface area contributed by atoms with E-state index in [9.17, 15) is 0 Å². The Labute approximate surface area is 109 Å². The molecule has 1 atom stereocenters. The molecule has 3 rings (SSSR count). The van der Waals surface area contributed by atoms with Gasteiger partial charge in [-0.05, 0) is 32.6 Å². The molecule has 2 N–H and O–H groups in total. The van der Waals surface area contributed by atoms with Gasteiger partial charge in [0.1, 0.15) is 5.01 Å². The molecule has 0 bridgehead atoms. The summed E-state index contributed by atoms with van der Waals surface area (Å²) >= 11 is 3.39. The first-order chi connectivity index (χ1) is 8.15. The molecule has 0 saturated heterocycles. The third-order valence-electron chi connectivity index (χ3n) is 3.07. The maximum Gasteiger partial charge on any atom is 0.110 e. The second-order valence-electron chi connectivity index (χ2n) is 4.58. The summed E-state index contributed by atoms with van der Waals surface area (Å²) in [7, 11) is 0. The summed E-state index contributed by atoms with van der Waals surface area (Å²) in [5.74, 6) is 0.665. The van der Waals surface area contributed by atoms with Crippen molar-refractivity contribution in [3.05, 3.63) is 21.1 Å². The lowest BCUT2D eigenvalue weighted by atomic mass is 10.2. The molecule has 0 aliphatic heterocycles. The number of thiazole rings is 2. The molecular formula is C12H15N3S2. The van der Waals surface area contributed by atoms with E-state index < -0.39 is 0 Å². The summed E-state index contributed by atoms with van der Waals surface area (Å²) in [6.07, 6.45) is 2.52. The fourth-order valence-electron chi connectivity index (χ4n) is 1.97. The summed E-state index contributed by atoms with van der Waals surface area (Å²) in [4.78, 5) is 10.3. The molecule has 1 aliphatic rings.